The van der Waals surface area contributed by atoms with E-state index in [4.69, 9.17) is 0 Å². The van der Waals surface area contributed by atoms with Crippen molar-refractivity contribution in [3.05, 3.63) is 78.6 Å². The zero-order valence-corrected chi connectivity index (χ0v) is 15.7. The average Bonchev–Trinajstić information content (AvgIpc) is 2.76. The van der Waals surface area contributed by atoms with Crippen LogP contribution in [0.1, 0.15) is 0 Å². The number of piperazine rings is 1. The first-order valence-corrected chi connectivity index (χ1v) is 9.37. The minimum atomic E-state index is -0.860. The van der Waals surface area contributed by atoms with Crippen molar-refractivity contribution < 1.29 is 13.6 Å². The standard InChI is InChI=1S/C22H20F2N4O/c23-20-8-2-7-19(21(20)24)16-4-1-6-18(14-16)27-10-12-28(13-11-27)22(29)26-17-5-3-9-25-15-17/h1-9,14-15H,10-13H2,(H,26,29). The van der Waals surface area contributed by atoms with Gasteiger partial charge in [-0.1, -0.05) is 24.3 Å². The zero-order valence-electron chi connectivity index (χ0n) is 15.7. The van der Waals surface area contributed by atoms with Crippen molar-refractivity contribution in [3.63, 3.8) is 0 Å². The van der Waals surface area contributed by atoms with Crippen molar-refractivity contribution in [1.29, 1.82) is 0 Å². The molecule has 0 spiro atoms. The van der Waals surface area contributed by atoms with Gasteiger partial charge in [-0.2, -0.15) is 0 Å². The summed E-state index contributed by atoms with van der Waals surface area (Å²) in [4.78, 5) is 20.3. The number of urea groups is 1. The molecule has 2 heterocycles. The van der Waals surface area contributed by atoms with Gasteiger partial charge in [0.2, 0.25) is 0 Å². The number of nitrogens with one attached hydrogen (secondary N) is 1. The SMILES string of the molecule is O=C(Nc1cccnc1)N1CCN(c2cccc(-c3cccc(F)c3F)c2)CC1. The van der Waals surface area contributed by atoms with E-state index in [1.54, 1.807) is 41.6 Å². The fourth-order valence-electron chi connectivity index (χ4n) is 3.40. The van der Waals surface area contributed by atoms with Crippen LogP contribution in [0.3, 0.4) is 0 Å². The summed E-state index contributed by atoms with van der Waals surface area (Å²) in [7, 11) is 0. The second-order valence-corrected chi connectivity index (χ2v) is 6.80. The number of anilines is 2. The Kier molecular flexibility index (Phi) is 5.37. The van der Waals surface area contributed by atoms with E-state index >= 15 is 0 Å². The molecule has 0 bridgehead atoms. The van der Waals surface area contributed by atoms with E-state index in [1.165, 1.54) is 6.07 Å². The van der Waals surface area contributed by atoms with Gasteiger partial charge in [-0.15, -0.1) is 0 Å². The highest BCUT2D eigenvalue weighted by Gasteiger charge is 2.22. The number of amides is 2. The number of benzene rings is 2. The summed E-state index contributed by atoms with van der Waals surface area (Å²) in [5, 5.41) is 2.84. The van der Waals surface area contributed by atoms with Crippen molar-refractivity contribution in [3.8, 4) is 11.1 Å². The highest BCUT2D eigenvalue weighted by atomic mass is 19.2. The number of aromatic nitrogens is 1. The minimum absolute atomic E-state index is 0.159. The molecule has 2 aromatic carbocycles. The maximum absolute atomic E-state index is 14.1. The van der Waals surface area contributed by atoms with Crippen molar-refractivity contribution >= 4 is 17.4 Å². The fourth-order valence-corrected chi connectivity index (χ4v) is 3.40. The van der Waals surface area contributed by atoms with Gasteiger partial charge in [0.1, 0.15) is 0 Å². The fraction of sp³-hybridized carbons (Fsp3) is 0.182. The molecule has 29 heavy (non-hydrogen) atoms. The first-order valence-electron chi connectivity index (χ1n) is 9.37. The molecule has 0 saturated carbocycles. The van der Waals surface area contributed by atoms with E-state index in [0.717, 1.165) is 11.8 Å². The Hall–Kier alpha value is -3.48. The second-order valence-electron chi connectivity index (χ2n) is 6.80. The minimum Gasteiger partial charge on any atom is -0.368 e. The largest absolute Gasteiger partial charge is 0.368 e. The monoisotopic (exact) mass is 394 g/mol. The van der Waals surface area contributed by atoms with Gasteiger partial charge in [0, 0.05) is 43.6 Å². The normalized spacial score (nSPS) is 14.0. The number of halogens is 2. The van der Waals surface area contributed by atoms with Gasteiger partial charge in [-0.05, 0) is 35.9 Å². The molecule has 1 fully saturated rings. The molecule has 0 radical (unpaired) electrons. The van der Waals surface area contributed by atoms with E-state index in [0.29, 0.717) is 37.4 Å². The molecule has 1 aliphatic heterocycles. The highest BCUT2D eigenvalue weighted by Crippen LogP contribution is 2.28. The van der Waals surface area contributed by atoms with Crippen molar-refractivity contribution in [1.82, 2.24) is 9.88 Å². The van der Waals surface area contributed by atoms with E-state index < -0.39 is 11.6 Å². The van der Waals surface area contributed by atoms with Gasteiger partial charge >= 0.3 is 6.03 Å². The molecule has 148 valence electrons. The lowest BCUT2D eigenvalue weighted by Gasteiger charge is -2.36. The van der Waals surface area contributed by atoms with Gasteiger partial charge in [0.15, 0.2) is 11.6 Å². The van der Waals surface area contributed by atoms with Crippen LogP contribution in [0, 0.1) is 11.6 Å². The van der Waals surface area contributed by atoms with Crippen molar-refractivity contribution in [2.75, 3.05) is 36.4 Å². The summed E-state index contributed by atoms with van der Waals surface area (Å²) in [6.45, 7) is 2.42. The van der Waals surface area contributed by atoms with Crippen LogP contribution in [0.5, 0.6) is 0 Å². The molecule has 1 aliphatic rings. The van der Waals surface area contributed by atoms with E-state index in [-0.39, 0.29) is 11.6 Å². The predicted molar refractivity (Wildman–Crippen MR) is 109 cm³/mol. The lowest BCUT2D eigenvalue weighted by molar-refractivity contribution is 0.208. The quantitative estimate of drug-likeness (QED) is 0.717. The number of carbonyl (C=O) groups excluding carboxylic acids is 1. The van der Waals surface area contributed by atoms with Crippen LogP contribution in [0.25, 0.3) is 11.1 Å². The Morgan fingerprint density at radius 3 is 2.52 bits per heavy atom. The molecule has 1 N–H and O–H groups in total. The summed E-state index contributed by atoms with van der Waals surface area (Å²) in [6, 6.07) is 15.0. The van der Waals surface area contributed by atoms with Crippen molar-refractivity contribution in [2.45, 2.75) is 0 Å². The van der Waals surface area contributed by atoms with Crippen LogP contribution >= 0.6 is 0 Å². The van der Waals surface area contributed by atoms with Crippen LogP contribution in [-0.4, -0.2) is 42.1 Å². The van der Waals surface area contributed by atoms with Gasteiger partial charge in [-0.3, -0.25) is 4.98 Å². The summed E-state index contributed by atoms with van der Waals surface area (Å²) < 4.78 is 27.7. The number of carbonyl (C=O) groups is 1. The summed E-state index contributed by atoms with van der Waals surface area (Å²) in [5.41, 5.74) is 2.43. The summed E-state index contributed by atoms with van der Waals surface area (Å²) in [5.74, 6) is -1.71. The van der Waals surface area contributed by atoms with Crippen LogP contribution in [-0.2, 0) is 0 Å². The topological polar surface area (TPSA) is 48.5 Å². The molecule has 0 aliphatic carbocycles. The van der Waals surface area contributed by atoms with Crippen LogP contribution in [0.4, 0.5) is 25.0 Å². The molecule has 2 amide bonds. The molecule has 1 saturated heterocycles. The molecule has 0 atom stereocenters. The average molecular weight is 394 g/mol. The second kappa shape index (κ2) is 8.26. The lowest BCUT2D eigenvalue weighted by Crippen LogP contribution is -2.50. The Morgan fingerprint density at radius 2 is 1.76 bits per heavy atom. The molecule has 5 nitrogen and oxygen atoms in total. The first kappa shape index (κ1) is 18.9. The number of rotatable bonds is 3. The summed E-state index contributed by atoms with van der Waals surface area (Å²) in [6.07, 6.45) is 3.25. The third-order valence-electron chi connectivity index (χ3n) is 4.95. The molecule has 4 rings (SSSR count). The van der Waals surface area contributed by atoms with Gasteiger partial charge in [0.05, 0.1) is 11.9 Å². The molecular formula is C22H20F2N4O. The highest BCUT2D eigenvalue weighted by molar-refractivity contribution is 5.89. The van der Waals surface area contributed by atoms with E-state index in [9.17, 15) is 13.6 Å². The Balaban J connectivity index is 1.42. The Labute approximate surface area is 167 Å². The maximum atomic E-state index is 14.1. The third kappa shape index (κ3) is 4.18. The Bertz CT molecular complexity index is 1000. The zero-order chi connectivity index (χ0) is 20.2. The van der Waals surface area contributed by atoms with Crippen LogP contribution in [0.2, 0.25) is 0 Å². The summed E-state index contributed by atoms with van der Waals surface area (Å²) >= 11 is 0. The Morgan fingerprint density at radius 1 is 0.966 bits per heavy atom. The number of hydrogen-bond donors (Lipinski definition) is 1. The van der Waals surface area contributed by atoms with Gasteiger partial charge < -0.3 is 15.1 Å². The number of hydrogen-bond acceptors (Lipinski definition) is 3. The number of nitrogens with zero attached hydrogens (tertiary/aromatic N) is 3. The van der Waals surface area contributed by atoms with E-state index in [2.05, 4.69) is 15.2 Å². The van der Waals surface area contributed by atoms with E-state index in [1.807, 2.05) is 18.2 Å². The molecule has 0 unspecified atom stereocenters. The smallest absolute Gasteiger partial charge is 0.322 e. The predicted octanol–water partition coefficient (Wildman–Crippen LogP) is 4.38. The van der Waals surface area contributed by atoms with Crippen molar-refractivity contribution in [2.24, 2.45) is 0 Å². The maximum Gasteiger partial charge on any atom is 0.322 e. The molecule has 3 aromatic rings. The van der Waals surface area contributed by atoms with Gasteiger partial charge in [-0.25, -0.2) is 13.6 Å². The number of pyridine rings is 1. The van der Waals surface area contributed by atoms with Crippen LogP contribution < -0.4 is 10.2 Å². The molecular weight excluding hydrogens is 374 g/mol. The first-order chi connectivity index (χ1) is 14.1. The lowest BCUT2D eigenvalue weighted by atomic mass is 10.0. The molecule has 1 aromatic heterocycles. The van der Waals surface area contributed by atoms with Gasteiger partial charge in [0.25, 0.3) is 0 Å². The van der Waals surface area contributed by atoms with Crippen LogP contribution in [0.15, 0.2) is 67.0 Å². The molecule has 7 heteroatoms. The third-order valence-corrected chi connectivity index (χ3v) is 4.95.